The predicted molar refractivity (Wildman–Crippen MR) is 78.0 cm³/mol. The molecule has 1 heterocycles. The van der Waals surface area contributed by atoms with Gasteiger partial charge in [-0.05, 0) is 38.0 Å². The van der Waals surface area contributed by atoms with Gasteiger partial charge in [-0.1, -0.05) is 35.1 Å². The van der Waals surface area contributed by atoms with E-state index in [1.54, 1.807) is 6.92 Å². The average molecular weight is 296 g/mol. The Bertz CT molecular complexity index is 622. The molecule has 0 amide bonds. The largest absolute Gasteiger partial charge is 0.462 e. The highest BCUT2D eigenvalue weighted by molar-refractivity contribution is 7.17. The monoisotopic (exact) mass is 295 g/mol. The van der Waals surface area contributed by atoms with Crippen LogP contribution in [0.4, 0.5) is 0 Å². The van der Waals surface area contributed by atoms with Crippen molar-refractivity contribution in [2.24, 2.45) is 0 Å². The lowest BCUT2D eigenvalue weighted by atomic mass is 10.0. The Morgan fingerprint density at radius 1 is 1.37 bits per heavy atom. The van der Waals surface area contributed by atoms with E-state index in [9.17, 15) is 4.79 Å². The number of benzene rings is 1. The van der Waals surface area contributed by atoms with Crippen molar-refractivity contribution in [3.8, 4) is 11.3 Å². The van der Waals surface area contributed by atoms with Gasteiger partial charge in [0.05, 0.1) is 12.3 Å². The molecule has 0 unspecified atom stereocenters. The predicted octanol–water partition coefficient (Wildman–Crippen LogP) is 4.26. The van der Waals surface area contributed by atoms with E-state index in [0.29, 0.717) is 21.6 Å². The van der Waals surface area contributed by atoms with Gasteiger partial charge < -0.3 is 4.74 Å². The highest BCUT2D eigenvalue weighted by Crippen LogP contribution is 2.32. The third-order valence-corrected chi connectivity index (χ3v) is 3.98. The second-order valence-electron chi connectivity index (χ2n) is 4.16. The van der Waals surface area contributed by atoms with E-state index in [0.717, 1.165) is 22.5 Å². The Morgan fingerprint density at radius 3 is 2.74 bits per heavy atom. The summed E-state index contributed by atoms with van der Waals surface area (Å²) in [5.41, 5.74) is 3.82. The van der Waals surface area contributed by atoms with Crippen molar-refractivity contribution in [2.45, 2.75) is 20.8 Å². The Labute approximate surface area is 121 Å². The van der Waals surface area contributed by atoms with E-state index < -0.39 is 0 Å². The first-order valence-electron chi connectivity index (χ1n) is 5.94. The number of hydrogen-bond acceptors (Lipinski definition) is 4. The quantitative estimate of drug-likeness (QED) is 0.794. The summed E-state index contributed by atoms with van der Waals surface area (Å²) in [6.07, 6.45) is 0. The Hall–Kier alpha value is -1.39. The lowest BCUT2D eigenvalue weighted by Gasteiger charge is -2.05. The summed E-state index contributed by atoms with van der Waals surface area (Å²) in [6.45, 7) is 6.17. The molecule has 5 heteroatoms. The van der Waals surface area contributed by atoms with Crippen molar-refractivity contribution in [2.75, 3.05) is 6.61 Å². The molecule has 0 saturated carbocycles. The molecular weight excluding hydrogens is 282 g/mol. The maximum Gasteiger partial charge on any atom is 0.350 e. The zero-order valence-corrected chi connectivity index (χ0v) is 12.6. The van der Waals surface area contributed by atoms with Crippen molar-refractivity contribution in [1.82, 2.24) is 4.98 Å². The third kappa shape index (κ3) is 2.96. The number of halogens is 1. The summed E-state index contributed by atoms with van der Waals surface area (Å²) in [5.74, 6) is -0.375. The molecule has 100 valence electrons. The molecule has 0 aliphatic rings. The second kappa shape index (κ2) is 5.72. The molecule has 0 saturated heterocycles. The lowest BCUT2D eigenvalue weighted by molar-refractivity contribution is 0.0532. The average Bonchev–Trinajstić information content (AvgIpc) is 2.75. The first kappa shape index (κ1) is 14.0. The Morgan fingerprint density at radius 2 is 2.11 bits per heavy atom. The van der Waals surface area contributed by atoms with Crippen molar-refractivity contribution in [3.63, 3.8) is 0 Å². The van der Waals surface area contributed by atoms with Crippen LogP contribution < -0.4 is 0 Å². The number of nitrogens with zero attached hydrogens (tertiary/aromatic N) is 1. The van der Waals surface area contributed by atoms with Crippen molar-refractivity contribution in [3.05, 3.63) is 38.7 Å². The van der Waals surface area contributed by atoms with Crippen molar-refractivity contribution >= 4 is 28.9 Å². The minimum atomic E-state index is -0.375. The summed E-state index contributed by atoms with van der Waals surface area (Å²) in [7, 11) is 0. The van der Waals surface area contributed by atoms with Crippen LogP contribution in [0, 0.1) is 13.8 Å². The molecule has 0 fully saturated rings. The summed E-state index contributed by atoms with van der Waals surface area (Å²) >= 11 is 7.08. The Balaban J connectivity index is 2.49. The topological polar surface area (TPSA) is 39.2 Å². The maximum absolute atomic E-state index is 11.9. The van der Waals surface area contributed by atoms with E-state index >= 15 is 0 Å². The number of carbonyl (C=O) groups excluding carboxylic acids is 1. The summed E-state index contributed by atoms with van der Waals surface area (Å²) in [5, 5.41) is 0. The molecule has 0 aliphatic heterocycles. The molecule has 3 nitrogen and oxygen atoms in total. The van der Waals surface area contributed by atoms with E-state index in [4.69, 9.17) is 16.3 Å². The molecule has 0 N–H and O–H groups in total. The molecule has 2 aromatic rings. The van der Waals surface area contributed by atoms with Crippen LogP contribution >= 0.6 is 22.9 Å². The highest BCUT2D eigenvalue weighted by atomic mass is 35.5. The molecule has 1 aromatic carbocycles. The molecule has 1 aromatic heterocycles. The second-order valence-corrected chi connectivity index (χ2v) is 5.75. The van der Waals surface area contributed by atoms with Gasteiger partial charge in [0.1, 0.15) is 4.88 Å². The van der Waals surface area contributed by atoms with Gasteiger partial charge in [-0.15, -0.1) is 0 Å². The Kier molecular flexibility index (Phi) is 4.22. The van der Waals surface area contributed by atoms with Crippen LogP contribution in [-0.4, -0.2) is 17.6 Å². The molecule has 19 heavy (non-hydrogen) atoms. The van der Waals surface area contributed by atoms with Gasteiger partial charge in [0.2, 0.25) is 0 Å². The zero-order valence-electron chi connectivity index (χ0n) is 11.0. The van der Waals surface area contributed by atoms with Crippen molar-refractivity contribution in [1.29, 1.82) is 0 Å². The number of hydrogen-bond donors (Lipinski definition) is 0. The zero-order chi connectivity index (χ0) is 14.0. The molecule has 2 rings (SSSR count). The molecule has 0 aliphatic carbocycles. The van der Waals surface area contributed by atoms with Crippen molar-refractivity contribution < 1.29 is 9.53 Å². The number of aryl methyl sites for hydroxylation is 2. The van der Waals surface area contributed by atoms with E-state index in [1.165, 1.54) is 5.56 Å². The van der Waals surface area contributed by atoms with Gasteiger partial charge in [-0.3, -0.25) is 0 Å². The molecule has 0 bridgehead atoms. The van der Waals surface area contributed by atoms with Crippen LogP contribution in [0.5, 0.6) is 0 Å². The van der Waals surface area contributed by atoms with Crippen LogP contribution in [-0.2, 0) is 4.74 Å². The highest BCUT2D eigenvalue weighted by Gasteiger charge is 2.20. The van der Waals surface area contributed by atoms with Crippen LogP contribution in [0.15, 0.2) is 18.2 Å². The fourth-order valence-electron chi connectivity index (χ4n) is 1.71. The summed E-state index contributed by atoms with van der Waals surface area (Å²) in [4.78, 5) is 16.6. The number of rotatable bonds is 3. The number of ether oxygens (including phenoxy) is 1. The van der Waals surface area contributed by atoms with E-state index in [-0.39, 0.29) is 5.97 Å². The normalized spacial score (nSPS) is 10.5. The standard InChI is InChI=1S/C14H14ClNO2S/c1-4-18-13(17)12-11(16-14(15)19-12)10-6-5-8(2)9(3)7-10/h5-7H,4H2,1-3H3. The smallest absolute Gasteiger partial charge is 0.350 e. The lowest BCUT2D eigenvalue weighted by Crippen LogP contribution is -2.04. The van der Waals surface area contributed by atoms with Gasteiger partial charge in [0.25, 0.3) is 0 Å². The number of thiazole rings is 1. The first-order valence-corrected chi connectivity index (χ1v) is 7.13. The van der Waals surface area contributed by atoms with Crippen LogP contribution in [0.25, 0.3) is 11.3 Å². The minimum Gasteiger partial charge on any atom is -0.462 e. The summed E-state index contributed by atoms with van der Waals surface area (Å²) in [6, 6.07) is 5.95. The van der Waals surface area contributed by atoms with Gasteiger partial charge in [0, 0.05) is 5.56 Å². The van der Waals surface area contributed by atoms with Crippen LogP contribution in [0.2, 0.25) is 4.47 Å². The van der Waals surface area contributed by atoms with Gasteiger partial charge >= 0.3 is 5.97 Å². The third-order valence-electron chi connectivity index (χ3n) is 2.84. The van der Waals surface area contributed by atoms with Crippen LogP contribution in [0.3, 0.4) is 0 Å². The number of carbonyl (C=O) groups is 1. The number of esters is 1. The molecule has 0 spiro atoms. The first-order chi connectivity index (χ1) is 9.02. The van der Waals surface area contributed by atoms with Crippen LogP contribution in [0.1, 0.15) is 27.7 Å². The maximum atomic E-state index is 11.9. The van der Waals surface area contributed by atoms with Gasteiger partial charge in [-0.25, -0.2) is 9.78 Å². The molecule has 0 radical (unpaired) electrons. The fourth-order valence-corrected chi connectivity index (χ4v) is 2.74. The molecular formula is C14H14ClNO2S. The fraction of sp³-hybridized carbons (Fsp3) is 0.286. The van der Waals surface area contributed by atoms with Gasteiger partial charge in [-0.2, -0.15) is 0 Å². The van der Waals surface area contributed by atoms with Gasteiger partial charge in [0.15, 0.2) is 4.47 Å². The molecule has 0 atom stereocenters. The SMILES string of the molecule is CCOC(=O)c1sc(Cl)nc1-c1ccc(C)c(C)c1. The summed E-state index contributed by atoms with van der Waals surface area (Å²) < 4.78 is 5.37. The van der Waals surface area contributed by atoms with E-state index in [2.05, 4.69) is 4.98 Å². The number of aromatic nitrogens is 1. The minimum absolute atomic E-state index is 0.334. The van der Waals surface area contributed by atoms with E-state index in [1.807, 2.05) is 32.0 Å².